The molecule has 1 radical (unpaired) electrons. The van der Waals surface area contributed by atoms with Gasteiger partial charge in [0.05, 0.1) is 0 Å². The van der Waals surface area contributed by atoms with Gasteiger partial charge in [-0.3, -0.25) is 0 Å². The zero-order chi connectivity index (χ0) is 9.14. The zero-order valence-corrected chi connectivity index (χ0v) is 10.5. The summed E-state index contributed by atoms with van der Waals surface area (Å²) >= 11 is 5.78. The average Bonchev–Trinajstić information content (AvgIpc) is 2.08. The summed E-state index contributed by atoms with van der Waals surface area (Å²) in [5, 5.41) is 0. The molecule has 0 fully saturated rings. The number of hydrogen-bond donors (Lipinski definition) is 0. The topological polar surface area (TPSA) is 0 Å². The summed E-state index contributed by atoms with van der Waals surface area (Å²) < 4.78 is 2.37. The molecule has 1 aromatic carbocycles. The third-order valence-electron chi connectivity index (χ3n) is 1.68. The van der Waals surface area contributed by atoms with Crippen LogP contribution in [0.4, 0.5) is 0 Å². The molecule has 1 rings (SSSR count). The van der Waals surface area contributed by atoms with E-state index in [0.717, 1.165) is 4.47 Å². The first-order chi connectivity index (χ1) is 5.65. The molecule has 0 nitrogen and oxygen atoms in total. The molecule has 1 aromatic rings. The summed E-state index contributed by atoms with van der Waals surface area (Å²) in [6, 6.07) is 6.30. The van der Waals surface area contributed by atoms with Gasteiger partial charge in [0.25, 0.3) is 0 Å². The second-order valence-electron chi connectivity index (χ2n) is 2.52. The van der Waals surface area contributed by atoms with Crippen LogP contribution in [0.3, 0.4) is 0 Å². The number of hydrogen-bond acceptors (Lipinski definition) is 0. The van der Waals surface area contributed by atoms with Crippen LogP contribution in [0.25, 0.3) is 0 Å². The van der Waals surface area contributed by atoms with Crippen LogP contribution in [0.1, 0.15) is 12.5 Å². The molecule has 0 heterocycles. The van der Waals surface area contributed by atoms with E-state index in [2.05, 4.69) is 70.2 Å². The molecule has 0 amide bonds. The number of benzene rings is 1. The quantitative estimate of drug-likeness (QED) is 0.711. The lowest BCUT2D eigenvalue weighted by atomic mass is 10.0. The lowest BCUT2D eigenvalue weighted by Gasteiger charge is -2.06. The summed E-state index contributed by atoms with van der Waals surface area (Å²) in [6.07, 6.45) is 1.87. The lowest BCUT2D eigenvalue weighted by Crippen LogP contribution is -1.89. The summed E-state index contributed by atoms with van der Waals surface area (Å²) in [7, 11) is 0. The molecule has 0 bridgehead atoms. The highest BCUT2D eigenvalue weighted by molar-refractivity contribution is 14.1. The van der Waals surface area contributed by atoms with Crippen LogP contribution in [0, 0.1) is 9.49 Å². The van der Waals surface area contributed by atoms with Crippen LogP contribution in [0.15, 0.2) is 35.3 Å². The van der Waals surface area contributed by atoms with Crippen molar-refractivity contribution >= 4 is 38.5 Å². The Labute approximate surface area is 95.3 Å². The molecule has 0 saturated heterocycles. The summed E-state index contributed by atoms with van der Waals surface area (Å²) in [5.74, 6) is 1.20. The summed E-state index contributed by atoms with van der Waals surface area (Å²) in [4.78, 5) is 0. The van der Waals surface area contributed by atoms with Gasteiger partial charge < -0.3 is 0 Å². The fourth-order valence-electron chi connectivity index (χ4n) is 0.859. The first kappa shape index (κ1) is 10.3. The van der Waals surface area contributed by atoms with Gasteiger partial charge in [-0.2, -0.15) is 0 Å². The Bertz CT molecular complexity index is 294. The maximum absolute atomic E-state index is 3.73. The van der Waals surface area contributed by atoms with Gasteiger partial charge in [-0.25, -0.2) is 0 Å². The predicted octanol–water partition coefficient (Wildman–Crippen LogP) is 4.18. The monoisotopic (exact) mass is 335 g/mol. The van der Waals surface area contributed by atoms with E-state index in [4.69, 9.17) is 0 Å². The Morgan fingerprint density at radius 1 is 1.58 bits per heavy atom. The van der Waals surface area contributed by atoms with Gasteiger partial charge in [0.2, 0.25) is 0 Å². The Kier molecular flexibility index (Phi) is 3.77. The maximum Gasteiger partial charge on any atom is 0.0311 e. The molecule has 0 aliphatic rings. The Balaban J connectivity index is 3.04. The molecule has 0 aliphatic heterocycles. The number of halogens is 2. The van der Waals surface area contributed by atoms with E-state index >= 15 is 0 Å². The number of allylic oxidation sites excluding steroid dienone is 1. The minimum atomic E-state index is 1.14. The van der Waals surface area contributed by atoms with E-state index in [9.17, 15) is 0 Å². The first-order valence-corrected chi connectivity index (χ1v) is 5.43. The SMILES string of the molecule is C=C[C](C)c1ccc(I)c(Br)c1. The van der Waals surface area contributed by atoms with Crippen molar-refractivity contribution in [1.82, 2.24) is 0 Å². The third-order valence-corrected chi connectivity index (χ3v) is 4.02. The van der Waals surface area contributed by atoms with E-state index in [1.807, 2.05) is 6.08 Å². The van der Waals surface area contributed by atoms with Crippen molar-refractivity contribution in [2.45, 2.75) is 6.92 Å². The molecule has 0 aliphatic carbocycles. The van der Waals surface area contributed by atoms with Crippen LogP contribution in [-0.4, -0.2) is 0 Å². The fourth-order valence-corrected chi connectivity index (χ4v) is 1.57. The van der Waals surface area contributed by atoms with E-state index in [1.165, 1.54) is 15.1 Å². The van der Waals surface area contributed by atoms with E-state index < -0.39 is 0 Å². The van der Waals surface area contributed by atoms with Crippen molar-refractivity contribution in [2.24, 2.45) is 0 Å². The normalized spacial score (nSPS) is 10.3. The molecule has 0 N–H and O–H groups in total. The highest BCUT2D eigenvalue weighted by atomic mass is 127. The van der Waals surface area contributed by atoms with Crippen LogP contribution < -0.4 is 0 Å². The molecule has 12 heavy (non-hydrogen) atoms. The second kappa shape index (κ2) is 4.42. The van der Waals surface area contributed by atoms with Gasteiger partial charge >= 0.3 is 0 Å². The summed E-state index contributed by atoms with van der Waals surface area (Å²) in [6.45, 7) is 5.79. The van der Waals surface area contributed by atoms with Crippen molar-refractivity contribution in [1.29, 1.82) is 0 Å². The zero-order valence-electron chi connectivity index (χ0n) is 6.77. The molecule has 0 unspecified atom stereocenters. The van der Waals surface area contributed by atoms with Gasteiger partial charge in [-0.1, -0.05) is 19.1 Å². The maximum atomic E-state index is 3.73. The van der Waals surface area contributed by atoms with Crippen molar-refractivity contribution in [3.8, 4) is 0 Å². The minimum absolute atomic E-state index is 1.14. The smallest absolute Gasteiger partial charge is 0.0311 e. The van der Waals surface area contributed by atoms with Gasteiger partial charge in [-0.15, -0.1) is 6.58 Å². The number of rotatable bonds is 2. The van der Waals surface area contributed by atoms with Crippen LogP contribution in [-0.2, 0) is 0 Å². The standard InChI is InChI=1S/C10H9BrI/c1-3-7(2)8-4-5-10(12)9(11)6-8/h3-6H,1H2,2H3. The summed E-state index contributed by atoms with van der Waals surface area (Å²) in [5.41, 5.74) is 1.22. The van der Waals surface area contributed by atoms with E-state index in [1.54, 1.807) is 0 Å². The second-order valence-corrected chi connectivity index (χ2v) is 4.53. The van der Waals surface area contributed by atoms with Crippen molar-refractivity contribution in [3.63, 3.8) is 0 Å². The third kappa shape index (κ3) is 2.33. The molecule has 2 heteroatoms. The van der Waals surface area contributed by atoms with Crippen LogP contribution in [0.2, 0.25) is 0 Å². The van der Waals surface area contributed by atoms with Crippen LogP contribution >= 0.6 is 38.5 Å². The van der Waals surface area contributed by atoms with Crippen molar-refractivity contribution < 1.29 is 0 Å². The fraction of sp³-hybridized carbons (Fsp3) is 0.100. The molecule has 0 saturated carbocycles. The highest BCUT2D eigenvalue weighted by Gasteiger charge is 2.03. The molecule has 0 atom stereocenters. The molecular formula is C10H9BrI. The first-order valence-electron chi connectivity index (χ1n) is 3.56. The molecule has 0 aromatic heterocycles. The predicted molar refractivity (Wildman–Crippen MR) is 65.1 cm³/mol. The van der Waals surface area contributed by atoms with Crippen molar-refractivity contribution in [2.75, 3.05) is 0 Å². The molecule has 0 spiro atoms. The molecular weight excluding hydrogens is 327 g/mol. The van der Waals surface area contributed by atoms with Crippen LogP contribution in [0.5, 0.6) is 0 Å². The van der Waals surface area contributed by atoms with Gasteiger partial charge in [0.1, 0.15) is 0 Å². The Hall–Kier alpha value is 0.170. The highest BCUT2D eigenvalue weighted by Crippen LogP contribution is 2.24. The van der Waals surface area contributed by atoms with Crippen molar-refractivity contribution in [3.05, 3.63) is 50.4 Å². The Morgan fingerprint density at radius 3 is 2.75 bits per heavy atom. The average molecular weight is 336 g/mol. The van der Waals surface area contributed by atoms with E-state index in [-0.39, 0.29) is 0 Å². The van der Waals surface area contributed by atoms with E-state index in [0.29, 0.717) is 0 Å². The van der Waals surface area contributed by atoms with Gasteiger partial charge in [0.15, 0.2) is 0 Å². The lowest BCUT2D eigenvalue weighted by molar-refractivity contribution is 1.25. The van der Waals surface area contributed by atoms with Gasteiger partial charge in [0, 0.05) is 14.0 Å². The Morgan fingerprint density at radius 2 is 2.25 bits per heavy atom. The minimum Gasteiger partial charge on any atom is -0.102 e. The largest absolute Gasteiger partial charge is 0.102 e. The molecule has 63 valence electrons. The van der Waals surface area contributed by atoms with Gasteiger partial charge in [-0.05, 0) is 56.2 Å².